The molecule has 1 heterocycles. The van der Waals surface area contributed by atoms with Crippen LogP contribution < -0.4 is 14.8 Å². The number of hydrogen-bond acceptors (Lipinski definition) is 4. The molecule has 0 unspecified atom stereocenters. The van der Waals surface area contributed by atoms with Gasteiger partial charge in [-0.15, -0.1) is 0 Å². The summed E-state index contributed by atoms with van der Waals surface area (Å²) in [5, 5.41) is 3.12. The fraction of sp³-hybridized carbons (Fsp3) is 0.267. The summed E-state index contributed by atoms with van der Waals surface area (Å²) < 4.78 is 10.7. The second kappa shape index (κ2) is 6.20. The molecule has 1 aromatic heterocycles. The number of hydrogen-bond donors (Lipinski definition) is 1. The van der Waals surface area contributed by atoms with Gasteiger partial charge in [0.15, 0.2) is 0 Å². The molecule has 1 N–H and O–H groups in total. The number of aromatic nitrogens is 1. The quantitative estimate of drug-likeness (QED) is 0.894. The van der Waals surface area contributed by atoms with Crippen LogP contribution in [0.15, 0.2) is 36.7 Å². The van der Waals surface area contributed by atoms with Crippen molar-refractivity contribution in [2.24, 2.45) is 0 Å². The first-order valence-electron chi connectivity index (χ1n) is 6.09. The highest BCUT2D eigenvalue weighted by Gasteiger charge is 2.08. The Hall–Kier alpha value is -2.07. The van der Waals surface area contributed by atoms with E-state index in [1.807, 2.05) is 37.6 Å². The molecule has 0 saturated carbocycles. The van der Waals surface area contributed by atoms with Gasteiger partial charge in [-0.25, -0.2) is 0 Å². The molecule has 0 aliphatic heterocycles. The molecule has 0 aliphatic carbocycles. The molecule has 0 aliphatic rings. The minimum atomic E-state index is 0.785. The topological polar surface area (TPSA) is 43.4 Å². The number of pyridine rings is 1. The van der Waals surface area contributed by atoms with Crippen LogP contribution in [0, 0.1) is 0 Å². The van der Waals surface area contributed by atoms with Gasteiger partial charge in [0.25, 0.3) is 0 Å². The third-order valence-electron chi connectivity index (χ3n) is 2.89. The fourth-order valence-corrected chi connectivity index (χ4v) is 1.98. The monoisotopic (exact) mass is 258 g/mol. The SMILES string of the molecule is CNCc1cncc(-c2cc(OC)ccc2OC)c1. The van der Waals surface area contributed by atoms with Crippen molar-refractivity contribution in [2.45, 2.75) is 6.54 Å². The van der Waals surface area contributed by atoms with Crippen molar-refractivity contribution in [3.63, 3.8) is 0 Å². The van der Waals surface area contributed by atoms with E-state index in [4.69, 9.17) is 9.47 Å². The van der Waals surface area contributed by atoms with Crippen LogP contribution in [0.5, 0.6) is 11.5 Å². The summed E-state index contributed by atoms with van der Waals surface area (Å²) in [7, 11) is 5.23. The Morgan fingerprint density at radius 1 is 1.11 bits per heavy atom. The van der Waals surface area contributed by atoms with E-state index in [1.54, 1.807) is 14.2 Å². The molecule has 1 aromatic carbocycles. The summed E-state index contributed by atoms with van der Waals surface area (Å²) in [5.74, 6) is 1.61. The number of nitrogens with zero attached hydrogens (tertiary/aromatic N) is 1. The predicted molar refractivity (Wildman–Crippen MR) is 75.5 cm³/mol. The lowest BCUT2D eigenvalue weighted by Crippen LogP contribution is -2.05. The highest BCUT2D eigenvalue weighted by atomic mass is 16.5. The van der Waals surface area contributed by atoms with Crippen molar-refractivity contribution in [1.82, 2.24) is 10.3 Å². The van der Waals surface area contributed by atoms with Crippen molar-refractivity contribution in [1.29, 1.82) is 0 Å². The van der Waals surface area contributed by atoms with Crippen LogP contribution in [0.1, 0.15) is 5.56 Å². The normalized spacial score (nSPS) is 10.3. The van der Waals surface area contributed by atoms with Crippen molar-refractivity contribution in [3.05, 3.63) is 42.2 Å². The third kappa shape index (κ3) is 3.03. The number of methoxy groups -OCH3 is 2. The minimum absolute atomic E-state index is 0.785. The summed E-state index contributed by atoms with van der Waals surface area (Å²) in [6, 6.07) is 7.84. The molecule has 0 saturated heterocycles. The molecule has 2 aromatic rings. The minimum Gasteiger partial charge on any atom is -0.497 e. The molecule has 19 heavy (non-hydrogen) atoms. The average molecular weight is 258 g/mol. The lowest BCUT2D eigenvalue weighted by Gasteiger charge is -2.11. The fourth-order valence-electron chi connectivity index (χ4n) is 1.98. The van der Waals surface area contributed by atoms with Crippen LogP contribution >= 0.6 is 0 Å². The zero-order valence-corrected chi connectivity index (χ0v) is 11.4. The molecule has 0 bridgehead atoms. The van der Waals surface area contributed by atoms with Gasteiger partial charge in [0.05, 0.1) is 14.2 Å². The van der Waals surface area contributed by atoms with Crippen molar-refractivity contribution in [3.8, 4) is 22.6 Å². The van der Waals surface area contributed by atoms with Gasteiger partial charge in [-0.2, -0.15) is 0 Å². The molecule has 0 fully saturated rings. The Morgan fingerprint density at radius 3 is 2.63 bits per heavy atom. The largest absolute Gasteiger partial charge is 0.497 e. The maximum absolute atomic E-state index is 5.40. The van der Waals surface area contributed by atoms with Crippen LogP contribution in [0.2, 0.25) is 0 Å². The first-order chi connectivity index (χ1) is 9.28. The zero-order chi connectivity index (χ0) is 13.7. The van der Waals surface area contributed by atoms with Crippen LogP contribution in [0.25, 0.3) is 11.1 Å². The maximum Gasteiger partial charge on any atom is 0.127 e. The van der Waals surface area contributed by atoms with Gasteiger partial charge < -0.3 is 14.8 Å². The van der Waals surface area contributed by atoms with Crippen molar-refractivity contribution >= 4 is 0 Å². The lowest BCUT2D eigenvalue weighted by atomic mass is 10.0. The summed E-state index contributed by atoms with van der Waals surface area (Å²) in [6.07, 6.45) is 3.68. The van der Waals surface area contributed by atoms with Gasteiger partial charge in [-0.3, -0.25) is 4.98 Å². The Labute approximate surface area is 113 Å². The van der Waals surface area contributed by atoms with E-state index in [-0.39, 0.29) is 0 Å². The second-order valence-electron chi connectivity index (χ2n) is 4.18. The number of benzene rings is 1. The highest BCUT2D eigenvalue weighted by Crippen LogP contribution is 2.33. The van der Waals surface area contributed by atoms with Gasteiger partial charge in [0.2, 0.25) is 0 Å². The zero-order valence-electron chi connectivity index (χ0n) is 11.4. The van der Waals surface area contributed by atoms with Gasteiger partial charge in [0.1, 0.15) is 11.5 Å². The summed E-state index contributed by atoms with van der Waals surface area (Å²) in [6.45, 7) is 0.785. The van der Waals surface area contributed by atoms with Crippen molar-refractivity contribution in [2.75, 3.05) is 21.3 Å². The molecule has 0 amide bonds. The van der Waals surface area contributed by atoms with Gasteiger partial charge in [-0.05, 0) is 36.9 Å². The highest BCUT2D eigenvalue weighted by molar-refractivity contribution is 5.71. The smallest absolute Gasteiger partial charge is 0.127 e. The van der Waals surface area contributed by atoms with Crippen LogP contribution in [0.3, 0.4) is 0 Å². The van der Waals surface area contributed by atoms with Crippen LogP contribution in [-0.2, 0) is 6.54 Å². The van der Waals surface area contributed by atoms with Crippen LogP contribution in [-0.4, -0.2) is 26.3 Å². The van der Waals surface area contributed by atoms with Crippen molar-refractivity contribution < 1.29 is 9.47 Å². The van der Waals surface area contributed by atoms with E-state index in [0.717, 1.165) is 34.7 Å². The molecule has 2 rings (SSSR count). The van der Waals surface area contributed by atoms with Gasteiger partial charge in [-0.1, -0.05) is 0 Å². The Kier molecular flexibility index (Phi) is 4.36. The van der Waals surface area contributed by atoms with Gasteiger partial charge >= 0.3 is 0 Å². The molecule has 0 radical (unpaired) electrons. The number of ether oxygens (including phenoxy) is 2. The second-order valence-corrected chi connectivity index (χ2v) is 4.18. The van der Waals surface area contributed by atoms with E-state index in [9.17, 15) is 0 Å². The standard InChI is InChI=1S/C15H18N2O2/c1-16-8-11-6-12(10-17-9-11)14-7-13(18-2)4-5-15(14)19-3/h4-7,9-10,16H,8H2,1-3H3. The Balaban J connectivity index is 2.47. The molecule has 0 atom stereocenters. The molecular weight excluding hydrogens is 240 g/mol. The molecule has 0 spiro atoms. The summed E-state index contributed by atoms with van der Waals surface area (Å²) in [5.41, 5.74) is 3.13. The third-order valence-corrected chi connectivity index (χ3v) is 2.89. The van der Waals surface area contributed by atoms with E-state index >= 15 is 0 Å². The molecule has 4 heteroatoms. The Bertz CT molecular complexity index is 556. The average Bonchev–Trinajstić information content (AvgIpc) is 2.47. The lowest BCUT2D eigenvalue weighted by molar-refractivity contribution is 0.404. The first-order valence-corrected chi connectivity index (χ1v) is 6.09. The van der Waals surface area contributed by atoms with E-state index in [2.05, 4.69) is 16.4 Å². The van der Waals surface area contributed by atoms with E-state index < -0.39 is 0 Å². The van der Waals surface area contributed by atoms with Crippen LogP contribution in [0.4, 0.5) is 0 Å². The summed E-state index contributed by atoms with van der Waals surface area (Å²) in [4.78, 5) is 4.27. The van der Waals surface area contributed by atoms with Gasteiger partial charge in [0, 0.05) is 30.1 Å². The number of nitrogens with one attached hydrogen (secondary N) is 1. The summed E-state index contributed by atoms with van der Waals surface area (Å²) >= 11 is 0. The first kappa shape index (κ1) is 13.4. The Morgan fingerprint density at radius 2 is 1.95 bits per heavy atom. The maximum atomic E-state index is 5.40. The predicted octanol–water partition coefficient (Wildman–Crippen LogP) is 2.49. The molecule has 4 nitrogen and oxygen atoms in total. The molecule has 100 valence electrons. The van der Waals surface area contributed by atoms with E-state index in [1.165, 1.54) is 0 Å². The van der Waals surface area contributed by atoms with E-state index in [0.29, 0.717) is 0 Å². The number of rotatable bonds is 5. The molecular formula is C15H18N2O2.